The number of carbonyl (C=O) groups excluding carboxylic acids is 2. The normalized spacial score (nSPS) is 13.4. The van der Waals surface area contributed by atoms with E-state index in [2.05, 4.69) is 0 Å². The van der Waals surface area contributed by atoms with E-state index in [4.69, 9.17) is 23.7 Å². The molecule has 0 saturated carbocycles. The predicted molar refractivity (Wildman–Crippen MR) is 138 cm³/mol. The number of ether oxygens (including phenoxy) is 5. The van der Waals surface area contributed by atoms with E-state index in [1.54, 1.807) is 25.1 Å². The molecule has 0 amide bonds. The molecule has 0 radical (unpaired) electrons. The van der Waals surface area contributed by atoms with Crippen molar-refractivity contribution < 1.29 is 33.3 Å². The third-order valence-electron chi connectivity index (χ3n) is 6.27. The quantitative estimate of drug-likeness (QED) is 0.201. The van der Waals surface area contributed by atoms with Gasteiger partial charge in [-0.25, -0.2) is 4.79 Å². The molecule has 8 nitrogen and oxygen atoms in total. The molecule has 0 spiro atoms. The molecule has 1 aliphatic rings. The number of Topliss-reactive ketones (excluding diaryl/α,β-unsaturated/α-hetero) is 1. The van der Waals surface area contributed by atoms with Crippen LogP contribution in [0.4, 0.5) is 0 Å². The summed E-state index contributed by atoms with van der Waals surface area (Å²) in [5, 5.41) is 1.02. The van der Waals surface area contributed by atoms with Gasteiger partial charge in [0.1, 0.15) is 11.5 Å². The molecule has 0 fully saturated rings. The Kier molecular flexibility index (Phi) is 6.09. The average molecular weight is 500 g/mol. The number of carbonyl (C=O) groups is 2. The average Bonchev–Trinajstić information content (AvgIpc) is 3.39. The molecule has 0 aliphatic carbocycles. The first-order chi connectivity index (χ1) is 17.8. The minimum Gasteiger partial charge on any atom is -0.493 e. The SMILES string of the molecule is COc1cc(C(=O)Oc2cc(C)c3c(c2)O/C(=C\c2cn(C)c4ccccc24)C3=O)cc(OC)c1OC. The first kappa shape index (κ1) is 24.0. The fourth-order valence-corrected chi connectivity index (χ4v) is 4.53. The van der Waals surface area contributed by atoms with Crippen molar-refractivity contribution in [1.29, 1.82) is 0 Å². The zero-order valence-electron chi connectivity index (χ0n) is 21.1. The lowest BCUT2D eigenvalue weighted by Gasteiger charge is -2.14. The summed E-state index contributed by atoms with van der Waals surface area (Å²) in [6, 6.07) is 14.1. The maximum atomic E-state index is 13.2. The van der Waals surface area contributed by atoms with Crippen molar-refractivity contribution in [1.82, 2.24) is 4.57 Å². The van der Waals surface area contributed by atoms with Crippen molar-refractivity contribution >= 4 is 28.7 Å². The van der Waals surface area contributed by atoms with E-state index in [1.165, 1.54) is 33.5 Å². The third kappa shape index (κ3) is 4.16. The number of hydrogen-bond acceptors (Lipinski definition) is 7. The molecule has 1 aliphatic heterocycles. The minimum atomic E-state index is -0.630. The Labute approximate surface area is 213 Å². The number of rotatable bonds is 6. The van der Waals surface area contributed by atoms with E-state index in [0.29, 0.717) is 34.1 Å². The second-order valence-electron chi connectivity index (χ2n) is 8.57. The van der Waals surface area contributed by atoms with Crippen molar-refractivity contribution in [2.24, 2.45) is 7.05 Å². The number of aromatic nitrogens is 1. The molecule has 0 N–H and O–H groups in total. The molecular formula is C29H25NO7. The van der Waals surface area contributed by atoms with Crippen molar-refractivity contribution in [2.75, 3.05) is 21.3 Å². The van der Waals surface area contributed by atoms with E-state index in [0.717, 1.165) is 16.5 Å². The Balaban J connectivity index is 1.44. The molecule has 0 bridgehead atoms. The number of hydrogen-bond donors (Lipinski definition) is 0. The van der Waals surface area contributed by atoms with Crippen LogP contribution < -0.4 is 23.7 Å². The lowest BCUT2D eigenvalue weighted by Crippen LogP contribution is -2.10. The van der Waals surface area contributed by atoms with Crippen LogP contribution >= 0.6 is 0 Å². The summed E-state index contributed by atoms with van der Waals surface area (Å²) in [5.74, 6) is 0.970. The van der Waals surface area contributed by atoms with Gasteiger partial charge in [-0.05, 0) is 42.8 Å². The third-order valence-corrected chi connectivity index (χ3v) is 6.27. The molecule has 0 saturated heterocycles. The van der Waals surface area contributed by atoms with Crippen molar-refractivity contribution in [2.45, 2.75) is 6.92 Å². The number of allylic oxidation sites excluding steroid dienone is 1. The van der Waals surface area contributed by atoms with Crippen LogP contribution in [0, 0.1) is 6.92 Å². The summed E-state index contributed by atoms with van der Waals surface area (Å²) in [6.07, 6.45) is 3.69. The lowest BCUT2D eigenvalue weighted by molar-refractivity contribution is 0.0733. The van der Waals surface area contributed by atoms with Gasteiger partial charge in [0.15, 0.2) is 17.3 Å². The summed E-state index contributed by atoms with van der Waals surface area (Å²) in [4.78, 5) is 26.1. The first-order valence-corrected chi connectivity index (χ1v) is 11.5. The van der Waals surface area contributed by atoms with Crippen LogP contribution in [0.25, 0.3) is 17.0 Å². The van der Waals surface area contributed by atoms with Crippen LogP contribution in [0.1, 0.15) is 31.8 Å². The standard InChI is InChI=1S/C29H25NO7/c1-16-10-19(36-29(32)17-11-24(33-3)28(35-5)25(12-17)34-4)14-22-26(16)27(31)23(37-22)13-18-15-30(2)21-9-7-6-8-20(18)21/h6-15H,1-5H3/b23-13-. The van der Waals surface area contributed by atoms with Crippen molar-refractivity contribution in [3.63, 3.8) is 0 Å². The molecule has 188 valence electrons. The fourth-order valence-electron chi connectivity index (χ4n) is 4.53. The molecule has 2 heterocycles. The summed E-state index contributed by atoms with van der Waals surface area (Å²) in [5.41, 5.74) is 3.22. The predicted octanol–water partition coefficient (Wildman–Crippen LogP) is 5.35. The second-order valence-corrected chi connectivity index (χ2v) is 8.57. The topological polar surface area (TPSA) is 85.2 Å². The molecule has 4 aromatic rings. The molecule has 3 aromatic carbocycles. The van der Waals surface area contributed by atoms with Crippen molar-refractivity contribution in [3.05, 3.63) is 82.7 Å². The van der Waals surface area contributed by atoms with E-state index >= 15 is 0 Å². The minimum absolute atomic E-state index is 0.209. The van der Waals surface area contributed by atoms with Crippen LogP contribution in [-0.2, 0) is 7.05 Å². The highest BCUT2D eigenvalue weighted by Gasteiger charge is 2.31. The van der Waals surface area contributed by atoms with Crippen LogP contribution in [0.2, 0.25) is 0 Å². The van der Waals surface area contributed by atoms with Gasteiger partial charge in [0.05, 0.1) is 32.5 Å². The summed E-state index contributed by atoms with van der Waals surface area (Å²) in [6.45, 7) is 1.78. The monoisotopic (exact) mass is 499 g/mol. The molecule has 0 atom stereocenters. The number of para-hydroxylation sites is 1. The van der Waals surface area contributed by atoms with Crippen molar-refractivity contribution in [3.8, 4) is 28.7 Å². The molecule has 5 rings (SSSR count). The number of aryl methyl sites for hydroxylation is 2. The van der Waals surface area contributed by atoms with E-state index in [9.17, 15) is 9.59 Å². The van der Waals surface area contributed by atoms with Crippen LogP contribution in [-0.4, -0.2) is 37.6 Å². The Morgan fingerprint density at radius 2 is 1.68 bits per heavy atom. The highest BCUT2D eigenvalue weighted by atomic mass is 16.5. The fraction of sp³-hybridized carbons (Fsp3) is 0.172. The van der Waals surface area contributed by atoms with Gasteiger partial charge in [0.25, 0.3) is 0 Å². The Morgan fingerprint density at radius 1 is 0.973 bits per heavy atom. The summed E-state index contributed by atoms with van der Waals surface area (Å²) >= 11 is 0. The van der Waals surface area contributed by atoms with Gasteiger partial charge in [0.2, 0.25) is 11.5 Å². The summed E-state index contributed by atoms with van der Waals surface area (Å²) < 4.78 is 29.5. The number of ketones is 1. The van der Waals surface area contributed by atoms with E-state index in [1.807, 2.05) is 42.1 Å². The van der Waals surface area contributed by atoms with Gasteiger partial charge in [0, 0.05) is 35.8 Å². The Hall–Kier alpha value is -4.72. The zero-order valence-corrected chi connectivity index (χ0v) is 21.1. The maximum Gasteiger partial charge on any atom is 0.343 e. The number of esters is 1. The van der Waals surface area contributed by atoms with Gasteiger partial charge in [-0.1, -0.05) is 18.2 Å². The second kappa shape index (κ2) is 9.39. The Bertz CT molecular complexity index is 1570. The Morgan fingerprint density at radius 3 is 2.35 bits per heavy atom. The smallest absolute Gasteiger partial charge is 0.343 e. The summed E-state index contributed by atoms with van der Waals surface area (Å²) in [7, 11) is 6.37. The number of benzene rings is 3. The van der Waals surface area contributed by atoms with E-state index in [-0.39, 0.29) is 22.9 Å². The van der Waals surface area contributed by atoms with Gasteiger partial charge >= 0.3 is 5.97 Å². The number of methoxy groups -OCH3 is 3. The zero-order chi connectivity index (χ0) is 26.3. The van der Waals surface area contributed by atoms with Gasteiger partial charge in [-0.2, -0.15) is 0 Å². The molecule has 1 aromatic heterocycles. The molecule has 0 unspecified atom stereocenters. The molecule has 37 heavy (non-hydrogen) atoms. The highest BCUT2D eigenvalue weighted by molar-refractivity contribution is 6.16. The van der Waals surface area contributed by atoms with Gasteiger partial charge < -0.3 is 28.3 Å². The lowest BCUT2D eigenvalue weighted by atomic mass is 10.0. The largest absolute Gasteiger partial charge is 0.493 e. The van der Waals surface area contributed by atoms with E-state index < -0.39 is 5.97 Å². The van der Waals surface area contributed by atoms with Gasteiger partial charge in [-0.15, -0.1) is 0 Å². The van der Waals surface area contributed by atoms with Crippen LogP contribution in [0.15, 0.2) is 60.5 Å². The number of fused-ring (bicyclic) bond motifs is 2. The first-order valence-electron chi connectivity index (χ1n) is 11.5. The highest BCUT2D eigenvalue weighted by Crippen LogP contribution is 2.40. The van der Waals surface area contributed by atoms with Crippen LogP contribution in [0.5, 0.6) is 28.7 Å². The van der Waals surface area contributed by atoms with Gasteiger partial charge in [-0.3, -0.25) is 4.79 Å². The van der Waals surface area contributed by atoms with Crippen LogP contribution in [0.3, 0.4) is 0 Å². The number of nitrogens with zero attached hydrogens (tertiary/aromatic N) is 1. The molecule has 8 heteroatoms. The molecular weight excluding hydrogens is 474 g/mol. The maximum absolute atomic E-state index is 13.2.